The first-order valence-electron chi connectivity index (χ1n) is 8.02. The monoisotopic (exact) mass is 352 g/mol. The van der Waals surface area contributed by atoms with Crippen molar-refractivity contribution in [1.29, 1.82) is 0 Å². The van der Waals surface area contributed by atoms with Crippen LogP contribution in [0.1, 0.15) is 36.1 Å². The summed E-state index contributed by atoms with van der Waals surface area (Å²) in [7, 11) is -3.70. The molecule has 0 unspecified atom stereocenters. The van der Waals surface area contributed by atoms with E-state index in [1.54, 1.807) is 18.5 Å². The van der Waals surface area contributed by atoms with E-state index in [1.807, 2.05) is 6.92 Å². The number of sulfonamides is 1. The average Bonchev–Trinajstić information content (AvgIpc) is 2.94. The SMILES string of the molecule is CCc1nc2n(n1)C[C@H](NS(=O)(=O)c1cc(C)c(F)c(C)c1)CC2. The Balaban J connectivity index is 1.80. The Morgan fingerprint density at radius 1 is 1.33 bits per heavy atom. The summed E-state index contributed by atoms with van der Waals surface area (Å²) >= 11 is 0. The summed E-state index contributed by atoms with van der Waals surface area (Å²) in [6, 6.07) is 2.48. The molecular formula is C16H21FN4O2S. The van der Waals surface area contributed by atoms with Gasteiger partial charge in [0.05, 0.1) is 11.4 Å². The Hall–Kier alpha value is -1.80. The second-order valence-corrected chi connectivity index (χ2v) is 7.92. The number of hydrogen-bond donors (Lipinski definition) is 1. The lowest BCUT2D eigenvalue weighted by molar-refractivity contribution is 0.394. The summed E-state index contributed by atoms with van der Waals surface area (Å²) in [4.78, 5) is 4.52. The summed E-state index contributed by atoms with van der Waals surface area (Å²) in [6.07, 6.45) is 2.10. The second-order valence-electron chi connectivity index (χ2n) is 6.21. The zero-order chi connectivity index (χ0) is 17.5. The molecule has 0 radical (unpaired) electrons. The molecule has 0 fully saturated rings. The molecule has 0 saturated carbocycles. The predicted molar refractivity (Wildman–Crippen MR) is 87.7 cm³/mol. The van der Waals surface area contributed by atoms with Crippen LogP contribution in [0.4, 0.5) is 4.39 Å². The van der Waals surface area contributed by atoms with Crippen LogP contribution < -0.4 is 4.72 Å². The van der Waals surface area contributed by atoms with Crippen LogP contribution in [-0.2, 0) is 29.4 Å². The molecule has 0 aliphatic carbocycles. The van der Waals surface area contributed by atoms with Crippen molar-refractivity contribution in [2.75, 3.05) is 0 Å². The van der Waals surface area contributed by atoms with Crippen LogP contribution in [-0.4, -0.2) is 29.2 Å². The van der Waals surface area contributed by atoms with Crippen LogP contribution in [0.3, 0.4) is 0 Å². The Morgan fingerprint density at radius 3 is 2.62 bits per heavy atom. The van der Waals surface area contributed by atoms with E-state index in [0.717, 1.165) is 18.1 Å². The highest BCUT2D eigenvalue weighted by Gasteiger charge is 2.26. The molecule has 3 rings (SSSR count). The standard InChI is InChI=1S/C16H21FN4O2S/c1-4-14-18-15-6-5-12(9-21(15)19-14)20-24(22,23)13-7-10(2)16(17)11(3)8-13/h7-8,12,20H,4-6,9H2,1-3H3/t12-/m1/s1. The van der Waals surface area contributed by atoms with Gasteiger partial charge in [-0.2, -0.15) is 5.10 Å². The Labute approximate surface area is 141 Å². The summed E-state index contributed by atoms with van der Waals surface area (Å²) in [5.74, 6) is 1.31. The smallest absolute Gasteiger partial charge is 0.240 e. The van der Waals surface area contributed by atoms with Gasteiger partial charge in [-0.1, -0.05) is 6.92 Å². The Bertz CT molecular complexity index is 853. The molecule has 0 amide bonds. The molecule has 0 bridgehead atoms. The number of aryl methyl sites for hydroxylation is 4. The molecule has 1 aliphatic heterocycles. The molecule has 1 N–H and O–H groups in total. The van der Waals surface area contributed by atoms with Crippen LogP contribution in [0.2, 0.25) is 0 Å². The van der Waals surface area contributed by atoms with E-state index in [9.17, 15) is 12.8 Å². The lowest BCUT2D eigenvalue weighted by atomic mass is 10.1. The van der Waals surface area contributed by atoms with E-state index in [0.29, 0.717) is 30.5 Å². The van der Waals surface area contributed by atoms with Gasteiger partial charge in [-0.3, -0.25) is 0 Å². The molecule has 6 nitrogen and oxygen atoms in total. The molecule has 130 valence electrons. The van der Waals surface area contributed by atoms with Crippen molar-refractivity contribution in [1.82, 2.24) is 19.5 Å². The first kappa shape index (κ1) is 17.0. The summed E-state index contributed by atoms with van der Waals surface area (Å²) in [5, 5.41) is 4.38. The van der Waals surface area contributed by atoms with Crippen LogP contribution in [0, 0.1) is 19.7 Å². The van der Waals surface area contributed by atoms with Crippen molar-refractivity contribution < 1.29 is 12.8 Å². The van der Waals surface area contributed by atoms with Crippen molar-refractivity contribution in [3.05, 3.63) is 40.7 Å². The average molecular weight is 352 g/mol. The van der Waals surface area contributed by atoms with Gasteiger partial charge in [-0.15, -0.1) is 0 Å². The fourth-order valence-electron chi connectivity index (χ4n) is 2.96. The van der Waals surface area contributed by atoms with Crippen molar-refractivity contribution in [3.8, 4) is 0 Å². The zero-order valence-corrected chi connectivity index (χ0v) is 14.8. The van der Waals surface area contributed by atoms with Crippen LogP contribution in [0.15, 0.2) is 17.0 Å². The molecular weight excluding hydrogens is 331 g/mol. The first-order chi connectivity index (χ1) is 11.3. The van der Waals surface area contributed by atoms with Crippen molar-refractivity contribution >= 4 is 10.0 Å². The molecule has 2 aromatic rings. The van der Waals surface area contributed by atoms with Gasteiger partial charge < -0.3 is 0 Å². The molecule has 8 heteroatoms. The predicted octanol–water partition coefficient (Wildman–Crippen LogP) is 1.89. The van der Waals surface area contributed by atoms with E-state index in [2.05, 4.69) is 14.8 Å². The van der Waals surface area contributed by atoms with Crippen molar-refractivity contribution in [2.45, 2.75) is 57.5 Å². The largest absolute Gasteiger partial charge is 0.248 e. The van der Waals surface area contributed by atoms with Gasteiger partial charge in [0.2, 0.25) is 10.0 Å². The molecule has 0 spiro atoms. The fourth-order valence-corrected chi connectivity index (χ4v) is 4.39. The zero-order valence-electron chi connectivity index (χ0n) is 14.0. The van der Waals surface area contributed by atoms with E-state index >= 15 is 0 Å². The van der Waals surface area contributed by atoms with Crippen LogP contribution in [0.25, 0.3) is 0 Å². The third kappa shape index (κ3) is 3.21. The maximum absolute atomic E-state index is 13.7. The highest BCUT2D eigenvalue weighted by atomic mass is 32.2. The quantitative estimate of drug-likeness (QED) is 0.912. The van der Waals surface area contributed by atoms with E-state index < -0.39 is 10.0 Å². The van der Waals surface area contributed by atoms with E-state index in [1.165, 1.54) is 12.1 Å². The highest BCUT2D eigenvalue weighted by molar-refractivity contribution is 7.89. The third-order valence-electron chi connectivity index (χ3n) is 4.26. The summed E-state index contributed by atoms with van der Waals surface area (Å²) in [6.45, 7) is 5.58. The van der Waals surface area contributed by atoms with Gasteiger partial charge in [-0.25, -0.2) is 27.2 Å². The number of nitrogens with zero attached hydrogens (tertiary/aromatic N) is 3. The lowest BCUT2D eigenvalue weighted by Crippen LogP contribution is -2.41. The number of aromatic nitrogens is 3. The van der Waals surface area contributed by atoms with Gasteiger partial charge in [0.1, 0.15) is 11.6 Å². The number of hydrogen-bond acceptors (Lipinski definition) is 4. The third-order valence-corrected chi connectivity index (χ3v) is 5.76. The fraction of sp³-hybridized carbons (Fsp3) is 0.500. The lowest BCUT2D eigenvalue weighted by Gasteiger charge is -2.23. The van der Waals surface area contributed by atoms with Gasteiger partial charge >= 0.3 is 0 Å². The minimum Gasteiger partial charge on any atom is -0.248 e. The summed E-state index contributed by atoms with van der Waals surface area (Å²) < 4.78 is 43.4. The topological polar surface area (TPSA) is 76.9 Å². The molecule has 2 heterocycles. The number of fused-ring (bicyclic) bond motifs is 1. The minimum atomic E-state index is -3.70. The highest BCUT2D eigenvalue weighted by Crippen LogP contribution is 2.20. The van der Waals surface area contributed by atoms with Crippen LogP contribution in [0.5, 0.6) is 0 Å². The number of halogens is 1. The molecule has 0 saturated heterocycles. The van der Waals surface area contributed by atoms with Crippen molar-refractivity contribution in [3.63, 3.8) is 0 Å². The minimum absolute atomic E-state index is 0.0949. The van der Waals surface area contributed by atoms with Crippen molar-refractivity contribution in [2.24, 2.45) is 0 Å². The molecule has 1 atom stereocenters. The first-order valence-corrected chi connectivity index (χ1v) is 9.50. The van der Waals surface area contributed by atoms with Crippen LogP contribution >= 0.6 is 0 Å². The number of rotatable bonds is 4. The van der Waals surface area contributed by atoms with Gasteiger partial charge in [0.25, 0.3) is 0 Å². The van der Waals surface area contributed by atoms with Gasteiger partial charge in [0.15, 0.2) is 5.82 Å². The Kier molecular flexibility index (Phi) is 4.44. The molecule has 1 aromatic carbocycles. The normalized spacial score (nSPS) is 17.8. The number of nitrogens with one attached hydrogen (secondary N) is 1. The Morgan fingerprint density at radius 2 is 2.00 bits per heavy atom. The molecule has 1 aromatic heterocycles. The second kappa shape index (κ2) is 6.25. The van der Waals surface area contributed by atoms with Gasteiger partial charge in [0, 0.05) is 18.9 Å². The van der Waals surface area contributed by atoms with E-state index in [4.69, 9.17) is 0 Å². The maximum Gasteiger partial charge on any atom is 0.240 e. The summed E-state index contributed by atoms with van der Waals surface area (Å²) in [5.41, 5.74) is 0.648. The van der Waals surface area contributed by atoms with Gasteiger partial charge in [-0.05, 0) is 43.5 Å². The molecule has 1 aliphatic rings. The van der Waals surface area contributed by atoms with E-state index in [-0.39, 0.29) is 16.8 Å². The maximum atomic E-state index is 13.7. The molecule has 24 heavy (non-hydrogen) atoms. The number of benzene rings is 1.